The summed E-state index contributed by atoms with van der Waals surface area (Å²) in [6.07, 6.45) is 0.139. The van der Waals surface area contributed by atoms with Crippen molar-refractivity contribution in [3.8, 4) is 0 Å². The highest BCUT2D eigenvalue weighted by Crippen LogP contribution is 1.97. The molecule has 0 spiro atoms. The molecule has 2 amide bonds. The third-order valence-corrected chi connectivity index (χ3v) is 2.72. The van der Waals surface area contributed by atoms with E-state index in [9.17, 15) is 19.5 Å². The average Bonchev–Trinajstić information content (AvgIpc) is 2.44. The van der Waals surface area contributed by atoms with E-state index >= 15 is 0 Å². The summed E-state index contributed by atoms with van der Waals surface area (Å²) >= 11 is 0. The van der Waals surface area contributed by atoms with Gasteiger partial charge in [-0.25, -0.2) is 0 Å². The maximum absolute atomic E-state index is 11.5. The second-order valence-corrected chi connectivity index (χ2v) is 4.92. The Kier molecular flexibility index (Phi) is 11.0. The van der Waals surface area contributed by atoms with Gasteiger partial charge in [-0.05, 0) is 12.8 Å². The van der Waals surface area contributed by atoms with Crippen molar-refractivity contribution < 1.29 is 24.6 Å². The number of hydrogen-bond acceptors (Lipinski definition) is 5. The number of carboxylic acids is 1. The molecular weight excluding hydrogens is 306 g/mol. The standard InChI is InChI=1S/C13H25N5O5/c14-13(15)17-5-2-1-3-10(20)18-8-9(19)7-11(21)16-6-4-12(22)23/h9,19H,1-8H2,(H,16,21)(H,18,20)(H,22,23)(H4,14,15,17)/t9-/m0/s1. The maximum atomic E-state index is 11.5. The highest BCUT2D eigenvalue weighted by molar-refractivity contribution is 5.78. The molecule has 0 aliphatic rings. The Labute approximate surface area is 134 Å². The number of carbonyl (C=O) groups is 3. The molecule has 0 aliphatic carbocycles. The number of aliphatic imine (C=N–C) groups is 1. The van der Waals surface area contributed by atoms with Gasteiger partial charge >= 0.3 is 5.97 Å². The van der Waals surface area contributed by atoms with E-state index in [1.807, 2.05) is 0 Å². The van der Waals surface area contributed by atoms with Crippen LogP contribution in [-0.2, 0) is 14.4 Å². The lowest BCUT2D eigenvalue weighted by atomic mass is 10.2. The van der Waals surface area contributed by atoms with E-state index in [4.69, 9.17) is 16.6 Å². The molecular formula is C13H25N5O5. The van der Waals surface area contributed by atoms with Gasteiger partial charge in [0.2, 0.25) is 11.8 Å². The molecule has 0 aromatic rings. The lowest BCUT2D eigenvalue weighted by molar-refractivity contribution is -0.137. The molecule has 132 valence electrons. The average molecular weight is 331 g/mol. The summed E-state index contributed by atoms with van der Waals surface area (Å²) in [7, 11) is 0. The third-order valence-electron chi connectivity index (χ3n) is 2.72. The number of carboxylic acid groups (broad SMARTS) is 1. The van der Waals surface area contributed by atoms with Crippen LogP contribution in [0.15, 0.2) is 4.99 Å². The van der Waals surface area contributed by atoms with Crippen LogP contribution in [0.4, 0.5) is 0 Å². The minimum Gasteiger partial charge on any atom is -0.481 e. The van der Waals surface area contributed by atoms with Crippen molar-refractivity contribution in [3.63, 3.8) is 0 Å². The van der Waals surface area contributed by atoms with Crippen LogP contribution in [0.1, 0.15) is 32.1 Å². The van der Waals surface area contributed by atoms with Crippen molar-refractivity contribution in [1.82, 2.24) is 10.6 Å². The van der Waals surface area contributed by atoms with Gasteiger partial charge < -0.3 is 32.3 Å². The minimum absolute atomic E-state index is 0.00302. The molecule has 0 radical (unpaired) electrons. The third kappa shape index (κ3) is 14.3. The molecule has 10 heteroatoms. The quantitative estimate of drug-likeness (QED) is 0.134. The van der Waals surface area contributed by atoms with Gasteiger partial charge in [0.15, 0.2) is 5.96 Å². The molecule has 0 aromatic heterocycles. The predicted octanol–water partition coefficient (Wildman–Crippen LogP) is -2.11. The van der Waals surface area contributed by atoms with Crippen LogP contribution < -0.4 is 22.1 Å². The number of hydrogen-bond donors (Lipinski definition) is 6. The molecule has 0 unspecified atom stereocenters. The normalized spacial score (nSPS) is 11.3. The van der Waals surface area contributed by atoms with Crippen molar-refractivity contribution in [2.45, 2.75) is 38.2 Å². The van der Waals surface area contributed by atoms with Crippen LogP contribution in [0.25, 0.3) is 0 Å². The number of nitrogens with two attached hydrogens (primary N) is 2. The Morgan fingerprint density at radius 1 is 1.04 bits per heavy atom. The zero-order valence-electron chi connectivity index (χ0n) is 13.0. The van der Waals surface area contributed by atoms with E-state index in [0.29, 0.717) is 19.4 Å². The topological polar surface area (TPSA) is 180 Å². The predicted molar refractivity (Wildman–Crippen MR) is 83.4 cm³/mol. The lowest BCUT2D eigenvalue weighted by Crippen LogP contribution is -2.36. The van der Waals surface area contributed by atoms with Gasteiger partial charge in [-0.1, -0.05) is 0 Å². The second-order valence-electron chi connectivity index (χ2n) is 4.92. The molecule has 0 aliphatic heterocycles. The molecule has 0 saturated carbocycles. The molecule has 10 nitrogen and oxygen atoms in total. The number of nitrogens with one attached hydrogen (secondary N) is 2. The van der Waals surface area contributed by atoms with Crippen LogP contribution in [-0.4, -0.2) is 59.7 Å². The SMILES string of the molecule is NC(N)=NCCCCC(=O)NC[C@@H](O)CC(=O)NCCC(=O)O. The summed E-state index contributed by atoms with van der Waals surface area (Å²) in [4.78, 5) is 36.9. The number of aliphatic carboxylic acids is 1. The highest BCUT2D eigenvalue weighted by atomic mass is 16.4. The van der Waals surface area contributed by atoms with Crippen LogP contribution >= 0.6 is 0 Å². The number of carbonyl (C=O) groups excluding carboxylic acids is 2. The Morgan fingerprint density at radius 2 is 1.74 bits per heavy atom. The number of amides is 2. The van der Waals surface area contributed by atoms with Gasteiger partial charge in [-0.3, -0.25) is 19.4 Å². The molecule has 0 bridgehead atoms. The molecule has 8 N–H and O–H groups in total. The minimum atomic E-state index is -1.02. The smallest absolute Gasteiger partial charge is 0.305 e. The number of aliphatic hydroxyl groups is 1. The van der Waals surface area contributed by atoms with Crippen LogP contribution in [0.3, 0.4) is 0 Å². The van der Waals surface area contributed by atoms with Gasteiger partial charge in [-0.15, -0.1) is 0 Å². The second kappa shape index (κ2) is 12.2. The van der Waals surface area contributed by atoms with Crippen molar-refractivity contribution >= 4 is 23.7 Å². The molecule has 0 heterocycles. The fourth-order valence-corrected chi connectivity index (χ4v) is 1.59. The van der Waals surface area contributed by atoms with Gasteiger partial charge in [0.1, 0.15) is 0 Å². The van der Waals surface area contributed by atoms with E-state index in [0.717, 1.165) is 0 Å². The number of nitrogens with zero attached hydrogens (tertiary/aromatic N) is 1. The monoisotopic (exact) mass is 331 g/mol. The molecule has 0 rings (SSSR count). The lowest BCUT2D eigenvalue weighted by Gasteiger charge is -2.11. The molecule has 23 heavy (non-hydrogen) atoms. The summed E-state index contributed by atoms with van der Waals surface area (Å²) in [5.41, 5.74) is 10.3. The Bertz CT molecular complexity index is 423. The van der Waals surface area contributed by atoms with Crippen molar-refractivity contribution in [2.24, 2.45) is 16.5 Å². The number of aliphatic hydroxyl groups excluding tert-OH is 1. The Morgan fingerprint density at radius 3 is 2.35 bits per heavy atom. The summed E-state index contributed by atoms with van der Waals surface area (Å²) in [6.45, 7) is 0.414. The first-order chi connectivity index (χ1) is 10.8. The Hall–Kier alpha value is -2.36. The van der Waals surface area contributed by atoms with E-state index in [1.165, 1.54) is 0 Å². The maximum Gasteiger partial charge on any atom is 0.305 e. The molecule has 1 atom stereocenters. The zero-order valence-corrected chi connectivity index (χ0v) is 13.0. The van der Waals surface area contributed by atoms with Crippen LogP contribution in [0.2, 0.25) is 0 Å². The number of unbranched alkanes of at least 4 members (excludes halogenated alkanes) is 1. The van der Waals surface area contributed by atoms with Gasteiger partial charge in [0.05, 0.1) is 18.9 Å². The molecule has 0 saturated heterocycles. The van der Waals surface area contributed by atoms with Gasteiger partial charge in [0, 0.05) is 26.1 Å². The largest absolute Gasteiger partial charge is 0.481 e. The fourth-order valence-electron chi connectivity index (χ4n) is 1.59. The van der Waals surface area contributed by atoms with E-state index < -0.39 is 18.0 Å². The summed E-state index contributed by atoms with van der Waals surface area (Å²) in [6, 6.07) is 0. The van der Waals surface area contributed by atoms with Crippen molar-refractivity contribution in [2.75, 3.05) is 19.6 Å². The number of rotatable bonds is 12. The van der Waals surface area contributed by atoms with Crippen molar-refractivity contribution in [3.05, 3.63) is 0 Å². The summed E-state index contributed by atoms with van der Waals surface area (Å²) in [5.74, 6) is -1.71. The van der Waals surface area contributed by atoms with Crippen LogP contribution in [0, 0.1) is 0 Å². The van der Waals surface area contributed by atoms with E-state index in [-0.39, 0.29) is 44.2 Å². The zero-order chi connectivity index (χ0) is 17.7. The van der Waals surface area contributed by atoms with E-state index in [1.54, 1.807) is 0 Å². The molecule has 0 fully saturated rings. The van der Waals surface area contributed by atoms with Gasteiger partial charge in [0.25, 0.3) is 0 Å². The summed E-state index contributed by atoms with van der Waals surface area (Å²) < 4.78 is 0. The first kappa shape index (κ1) is 20.6. The summed E-state index contributed by atoms with van der Waals surface area (Å²) in [5, 5.41) is 22.9. The first-order valence-electron chi connectivity index (χ1n) is 7.30. The highest BCUT2D eigenvalue weighted by Gasteiger charge is 2.12. The fraction of sp³-hybridized carbons (Fsp3) is 0.692. The molecule has 0 aromatic carbocycles. The first-order valence-corrected chi connectivity index (χ1v) is 7.30. The van der Waals surface area contributed by atoms with E-state index in [2.05, 4.69) is 15.6 Å². The van der Waals surface area contributed by atoms with Crippen molar-refractivity contribution in [1.29, 1.82) is 0 Å². The van der Waals surface area contributed by atoms with Crippen LogP contribution in [0.5, 0.6) is 0 Å². The number of guanidine groups is 1. The van der Waals surface area contributed by atoms with Gasteiger partial charge in [-0.2, -0.15) is 0 Å². The Balaban J connectivity index is 3.68.